The Labute approximate surface area is 119 Å². The number of carbonyl (C=O) groups is 1. The van der Waals surface area contributed by atoms with Crippen molar-refractivity contribution < 1.29 is 4.79 Å². The van der Waals surface area contributed by atoms with Crippen LogP contribution in [0.5, 0.6) is 0 Å². The van der Waals surface area contributed by atoms with Crippen molar-refractivity contribution >= 4 is 23.3 Å². The van der Waals surface area contributed by atoms with Crippen molar-refractivity contribution in [3.05, 3.63) is 29.3 Å². The molecule has 0 bridgehead atoms. The van der Waals surface area contributed by atoms with Crippen molar-refractivity contribution in [2.24, 2.45) is 0 Å². The molecule has 19 heavy (non-hydrogen) atoms. The molecule has 1 heterocycles. The summed E-state index contributed by atoms with van der Waals surface area (Å²) in [5, 5.41) is 2.94. The van der Waals surface area contributed by atoms with Crippen LogP contribution in [0, 0.1) is 0 Å². The lowest BCUT2D eigenvalue weighted by Gasteiger charge is -2.26. The molecule has 0 fully saturated rings. The summed E-state index contributed by atoms with van der Waals surface area (Å²) in [5.41, 5.74) is 3.20. The zero-order valence-electron chi connectivity index (χ0n) is 11.6. The number of benzene rings is 1. The number of amides is 2. The number of anilines is 1. The summed E-state index contributed by atoms with van der Waals surface area (Å²) >= 11 is 6.45. The van der Waals surface area contributed by atoms with Crippen LogP contribution in [-0.2, 0) is 6.54 Å². The van der Waals surface area contributed by atoms with E-state index in [2.05, 4.69) is 18.3 Å². The summed E-state index contributed by atoms with van der Waals surface area (Å²) in [7, 11) is 1.80. The largest absolute Gasteiger partial charge is 0.323 e. The Bertz CT molecular complexity index is 461. The normalized spacial score (nSPS) is 15.9. The predicted octanol–water partition coefficient (Wildman–Crippen LogP) is 4.52. The number of halogens is 1. The maximum absolute atomic E-state index is 11.5. The van der Waals surface area contributed by atoms with Gasteiger partial charge in [-0.3, -0.25) is 0 Å². The van der Waals surface area contributed by atoms with Crippen LogP contribution in [0.3, 0.4) is 0 Å². The van der Waals surface area contributed by atoms with Gasteiger partial charge in [0, 0.05) is 19.3 Å². The highest BCUT2D eigenvalue weighted by atomic mass is 35.5. The fourth-order valence-electron chi connectivity index (χ4n) is 2.34. The molecule has 1 aromatic rings. The van der Waals surface area contributed by atoms with Crippen LogP contribution >= 0.6 is 11.6 Å². The summed E-state index contributed by atoms with van der Waals surface area (Å²) < 4.78 is 0. The highest BCUT2D eigenvalue weighted by Crippen LogP contribution is 2.31. The molecule has 4 heteroatoms. The summed E-state index contributed by atoms with van der Waals surface area (Å²) in [4.78, 5) is 13.2. The monoisotopic (exact) mass is 280 g/mol. The molecule has 1 aliphatic heterocycles. The van der Waals surface area contributed by atoms with E-state index in [1.54, 1.807) is 11.9 Å². The lowest BCUT2D eigenvalue weighted by atomic mass is 10.0. The van der Waals surface area contributed by atoms with E-state index in [1.807, 2.05) is 12.1 Å². The van der Waals surface area contributed by atoms with E-state index in [0.717, 1.165) is 23.2 Å². The average Bonchev–Trinajstić information content (AvgIpc) is 2.40. The van der Waals surface area contributed by atoms with Gasteiger partial charge >= 0.3 is 6.03 Å². The third kappa shape index (κ3) is 3.41. The number of carbonyl (C=O) groups excluding carboxylic acids is 1. The molecule has 3 nitrogen and oxygen atoms in total. The molecule has 104 valence electrons. The molecule has 0 saturated heterocycles. The second kappa shape index (κ2) is 6.29. The standard InChI is InChI=1S/C15H21ClN2O/c1-3-4-5-6-13(16)11-7-8-14-12(9-11)10-18(2)15(19)17-14/h7-9,13H,3-6,10H2,1-2H3,(H,17,19). The molecule has 0 saturated carbocycles. The van der Waals surface area contributed by atoms with Crippen molar-refractivity contribution in [3.63, 3.8) is 0 Å². The zero-order valence-corrected chi connectivity index (χ0v) is 12.3. The Balaban J connectivity index is 2.08. The van der Waals surface area contributed by atoms with Gasteiger partial charge in [0.25, 0.3) is 0 Å². The van der Waals surface area contributed by atoms with Crippen LogP contribution in [0.15, 0.2) is 18.2 Å². The predicted molar refractivity (Wildman–Crippen MR) is 79.7 cm³/mol. The minimum absolute atomic E-state index is 0.0504. The number of fused-ring (bicyclic) bond motifs is 1. The van der Waals surface area contributed by atoms with E-state index in [0.29, 0.717) is 6.54 Å². The summed E-state index contributed by atoms with van der Waals surface area (Å²) in [6.07, 6.45) is 4.62. The fraction of sp³-hybridized carbons (Fsp3) is 0.533. The number of alkyl halides is 1. The molecule has 0 radical (unpaired) electrons. The van der Waals surface area contributed by atoms with Crippen molar-refractivity contribution in [2.45, 2.75) is 44.5 Å². The molecule has 1 atom stereocenters. The van der Waals surface area contributed by atoms with E-state index in [-0.39, 0.29) is 11.4 Å². The molecular formula is C15H21ClN2O. The fourth-order valence-corrected chi connectivity index (χ4v) is 2.63. The van der Waals surface area contributed by atoms with Crippen molar-refractivity contribution in [2.75, 3.05) is 12.4 Å². The van der Waals surface area contributed by atoms with Crippen LogP contribution in [0.1, 0.15) is 49.1 Å². The van der Waals surface area contributed by atoms with Crippen molar-refractivity contribution in [1.29, 1.82) is 0 Å². The molecule has 2 amide bonds. The second-order valence-electron chi connectivity index (χ2n) is 5.17. The third-order valence-corrected chi connectivity index (χ3v) is 4.02. The summed E-state index contributed by atoms with van der Waals surface area (Å²) in [5.74, 6) is 0. The molecular weight excluding hydrogens is 260 g/mol. The summed E-state index contributed by atoms with van der Waals surface area (Å²) in [6.45, 7) is 2.84. The van der Waals surface area contributed by atoms with Gasteiger partial charge in [0.05, 0.1) is 5.38 Å². The average molecular weight is 281 g/mol. The second-order valence-corrected chi connectivity index (χ2v) is 5.69. The highest BCUT2D eigenvalue weighted by molar-refractivity contribution is 6.20. The van der Waals surface area contributed by atoms with E-state index in [4.69, 9.17) is 11.6 Å². The maximum Gasteiger partial charge on any atom is 0.321 e. The minimum atomic E-state index is -0.0504. The van der Waals surface area contributed by atoms with Gasteiger partial charge in [0.2, 0.25) is 0 Å². The van der Waals surface area contributed by atoms with Crippen LogP contribution in [0.4, 0.5) is 10.5 Å². The van der Waals surface area contributed by atoms with Gasteiger partial charge in [-0.25, -0.2) is 4.79 Å². The van der Waals surface area contributed by atoms with Gasteiger partial charge in [-0.2, -0.15) is 0 Å². The van der Waals surface area contributed by atoms with E-state index < -0.39 is 0 Å². The molecule has 1 N–H and O–H groups in total. The highest BCUT2D eigenvalue weighted by Gasteiger charge is 2.20. The van der Waals surface area contributed by atoms with E-state index in [1.165, 1.54) is 19.3 Å². The molecule has 1 aliphatic rings. The quantitative estimate of drug-likeness (QED) is 0.624. The number of hydrogen-bond donors (Lipinski definition) is 1. The zero-order chi connectivity index (χ0) is 13.8. The van der Waals surface area contributed by atoms with E-state index in [9.17, 15) is 4.79 Å². The Morgan fingerprint density at radius 3 is 2.95 bits per heavy atom. The van der Waals surface area contributed by atoms with Crippen molar-refractivity contribution in [3.8, 4) is 0 Å². The van der Waals surface area contributed by atoms with Gasteiger partial charge in [-0.1, -0.05) is 38.3 Å². The molecule has 0 aromatic heterocycles. The van der Waals surface area contributed by atoms with Gasteiger partial charge in [-0.05, 0) is 23.6 Å². The number of unbranched alkanes of at least 4 members (excludes halogenated alkanes) is 2. The van der Waals surface area contributed by atoms with E-state index >= 15 is 0 Å². The van der Waals surface area contributed by atoms with Crippen molar-refractivity contribution in [1.82, 2.24) is 4.90 Å². The van der Waals surface area contributed by atoms with Gasteiger partial charge in [0.15, 0.2) is 0 Å². The van der Waals surface area contributed by atoms with Crippen LogP contribution in [-0.4, -0.2) is 18.0 Å². The Morgan fingerprint density at radius 2 is 2.21 bits per heavy atom. The van der Waals surface area contributed by atoms with Gasteiger partial charge in [0.1, 0.15) is 0 Å². The van der Waals surface area contributed by atoms with Gasteiger partial charge in [-0.15, -0.1) is 11.6 Å². The molecule has 0 aliphatic carbocycles. The molecule has 1 aromatic carbocycles. The lowest BCUT2D eigenvalue weighted by molar-refractivity contribution is 0.218. The SMILES string of the molecule is CCCCCC(Cl)c1ccc2c(c1)CN(C)C(=O)N2. The smallest absolute Gasteiger partial charge is 0.321 e. The molecule has 0 spiro atoms. The number of urea groups is 1. The topological polar surface area (TPSA) is 32.3 Å². The first kappa shape index (κ1) is 14.2. The minimum Gasteiger partial charge on any atom is -0.323 e. The first-order chi connectivity index (χ1) is 9.11. The number of rotatable bonds is 5. The number of nitrogens with zero attached hydrogens (tertiary/aromatic N) is 1. The Kier molecular flexibility index (Phi) is 4.70. The van der Waals surface area contributed by atoms with Crippen LogP contribution in [0.25, 0.3) is 0 Å². The van der Waals surface area contributed by atoms with Crippen LogP contribution in [0.2, 0.25) is 0 Å². The molecule has 1 unspecified atom stereocenters. The summed E-state index contributed by atoms with van der Waals surface area (Å²) in [6, 6.07) is 6.05. The maximum atomic E-state index is 11.5. The molecule has 2 rings (SSSR count). The first-order valence-corrected chi connectivity index (χ1v) is 7.34. The van der Waals surface area contributed by atoms with Crippen LogP contribution < -0.4 is 5.32 Å². The number of hydrogen-bond acceptors (Lipinski definition) is 1. The Morgan fingerprint density at radius 1 is 1.42 bits per heavy atom. The lowest BCUT2D eigenvalue weighted by Crippen LogP contribution is -2.35. The third-order valence-electron chi connectivity index (χ3n) is 3.55. The number of nitrogens with one attached hydrogen (secondary N) is 1. The van der Waals surface area contributed by atoms with Gasteiger partial charge < -0.3 is 10.2 Å². The Hall–Kier alpha value is -1.22. The first-order valence-electron chi connectivity index (χ1n) is 6.91.